The molecule has 52 heavy (non-hydrogen) atoms. The molecule has 1 fully saturated rings. The molecule has 2 atom stereocenters. The van der Waals surface area contributed by atoms with E-state index in [9.17, 15) is 0 Å². The first-order chi connectivity index (χ1) is 25.9. The van der Waals surface area contributed by atoms with Gasteiger partial charge in [0.05, 0.1) is 12.2 Å². The molecular formula is C51H98O. The zero-order valence-electron chi connectivity index (χ0n) is 36.3. The highest BCUT2D eigenvalue weighted by atomic mass is 16.6. The third-order valence-corrected chi connectivity index (χ3v) is 11.9. The number of rotatable bonds is 45. The number of allylic oxidation sites excluding steroid dienone is 4. The van der Waals surface area contributed by atoms with Crippen LogP contribution in [-0.4, -0.2) is 12.2 Å². The molecule has 0 aromatic rings. The summed E-state index contributed by atoms with van der Waals surface area (Å²) in [7, 11) is 0. The summed E-state index contributed by atoms with van der Waals surface area (Å²) in [6.07, 6.45) is 72.1. The molecule has 308 valence electrons. The van der Waals surface area contributed by atoms with E-state index in [1.165, 1.54) is 276 Å². The van der Waals surface area contributed by atoms with Crippen molar-refractivity contribution in [3.8, 4) is 0 Å². The Balaban J connectivity index is 1.66. The van der Waals surface area contributed by atoms with Gasteiger partial charge in [0.25, 0.3) is 0 Å². The van der Waals surface area contributed by atoms with Crippen molar-refractivity contribution in [1.82, 2.24) is 0 Å². The van der Waals surface area contributed by atoms with Crippen molar-refractivity contribution in [3.05, 3.63) is 24.3 Å². The lowest BCUT2D eigenvalue weighted by atomic mass is 10.0. The van der Waals surface area contributed by atoms with Crippen LogP contribution in [0, 0.1) is 0 Å². The van der Waals surface area contributed by atoms with Crippen LogP contribution in [0.1, 0.15) is 290 Å². The highest BCUT2D eigenvalue weighted by molar-refractivity contribution is 4.84. The van der Waals surface area contributed by atoms with Crippen molar-refractivity contribution in [2.45, 2.75) is 302 Å². The molecule has 1 aliphatic heterocycles. The van der Waals surface area contributed by atoms with Crippen LogP contribution >= 0.6 is 0 Å². The average Bonchev–Trinajstić information content (AvgIpc) is 3.91. The van der Waals surface area contributed by atoms with Crippen LogP contribution in [0.25, 0.3) is 0 Å². The number of epoxide rings is 1. The maximum Gasteiger partial charge on any atom is 0.0841 e. The molecule has 0 spiro atoms. The van der Waals surface area contributed by atoms with E-state index in [2.05, 4.69) is 38.2 Å². The molecule has 1 aliphatic rings. The van der Waals surface area contributed by atoms with Gasteiger partial charge in [-0.2, -0.15) is 0 Å². The van der Waals surface area contributed by atoms with Crippen molar-refractivity contribution in [2.24, 2.45) is 0 Å². The Kier molecular flexibility index (Phi) is 41.1. The molecule has 0 aromatic carbocycles. The Morgan fingerprint density at radius 1 is 0.250 bits per heavy atom. The topological polar surface area (TPSA) is 12.5 Å². The van der Waals surface area contributed by atoms with Crippen molar-refractivity contribution in [3.63, 3.8) is 0 Å². The average molecular weight is 727 g/mol. The number of ether oxygens (including phenoxy) is 1. The van der Waals surface area contributed by atoms with Gasteiger partial charge in [-0.05, 0) is 64.2 Å². The largest absolute Gasteiger partial charge is 0.370 e. The number of unbranched alkanes of at least 4 members (excludes halogenated alkanes) is 37. The fourth-order valence-electron chi connectivity index (χ4n) is 8.17. The van der Waals surface area contributed by atoms with E-state index in [0.717, 1.165) is 0 Å². The quantitative estimate of drug-likeness (QED) is 0.0346. The third-order valence-electron chi connectivity index (χ3n) is 11.9. The molecule has 0 bridgehead atoms. The Morgan fingerprint density at radius 2 is 0.442 bits per heavy atom. The summed E-state index contributed by atoms with van der Waals surface area (Å²) < 4.78 is 6.01. The molecule has 1 heterocycles. The number of hydrogen-bond acceptors (Lipinski definition) is 1. The van der Waals surface area contributed by atoms with E-state index >= 15 is 0 Å². The molecule has 0 saturated carbocycles. The predicted octanol–water partition coefficient (Wildman–Crippen LogP) is 18.7. The number of hydrogen-bond donors (Lipinski definition) is 0. The lowest BCUT2D eigenvalue weighted by Gasteiger charge is -2.03. The molecule has 0 amide bonds. The van der Waals surface area contributed by atoms with Gasteiger partial charge in [-0.3, -0.25) is 0 Å². The zero-order chi connectivity index (χ0) is 37.1. The second-order valence-electron chi connectivity index (χ2n) is 17.3. The fourth-order valence-corrected chi connectivity index (χ4v) is 8.17. The summed E-state index contributed by atoms with van der Waals surface area (Å²) in [6.45, 7) is 4.60. The molecule has 0 aromatic heterocycles. The van der Waals surface area contributed by atoms with Gasteiger partial charge >= 0.3 is 0 Å². The van der Waals surface area contributed by atoms with Gasteiger partial charge in [0.15, 0.2) is 0 Å². The first-order valence-corrected chi connectivity index (χ1v) is 24.8. The fraction of sp³-hybridized carbons (Fsp3) is 0.922. The SMILES string of the molecule is CCCCCCCC=CCCCCCCCCCCCCCCCC[C@H]1O[C@@H]1CCCCCCCCCCCCCCC=CCCCCCCCC. The van der Waals surface area contributed by atoms with Gasteiger partial charge in [0.2, 0.25) is 0 Å². The first kappa shape index (κ1) is 49.5. The molecule has 0 radical (unpaired) electrons. The van der Waals surface area contributed by atoms with E-state index in [1.807, 2.05) is 0 Å². The molecule has 0 N–H and O–H groups in total. The second-order valence-corrected chi connectivity index (χ2v) is 17.3. The molecule has 0 unspecified atom stereocenters. The third kappa shape index (κ3) is 39.1. The van der Waals surface area contributed by atoms with Crippen LogP contribution in [0.15, 0.2) is 24.3 Å². The minimum atomic E-state index is 0.623. The van der Waals surface area contributed by atoms with Gasteiger partial charge in [0, 0.05) is 0 Å². The summed E-state index contributed by atoms with van der Waals surface area (Å²) in [5, 5.41) is 0. The summed E-state index contributed by atoms with van der Waals surface area (Å²) in [5.41, 5.74) is 0. The van der Waals surface area contributed by atoms with Gasteiger partial charge in [-0.15, -0.1) is 0 Å². The second kappa shape index (κ2) is 43.2. The highest BCUT2D eigenvalue weighted by Gasteiger charge is 2.36. The Labute approximate surface area is 330 Å². The molecule has 1 saturated heterocycles. The summed E-state index contributed by atoms with van der Waals surface area (Å²) in [5.74, 6) is 0. The van der Waals surface area contributed by atoms with Crippen molar-refractivity contribution >= 4 is 0 Å². The maximum atomic E-state index is 6.01. The van der Waals surface area contributed by atoms with E-state index in [-0.39, 0.29) is 0 Å². The zero-order valence-corrected chi connectivity index (χ0v) is 36.3. The minimum Gasteiger partial charge on any atom is -0.370 e. The van der Waals surface area contributed by atoms with Crippen molar-refractivity contribution < 1.29 is 4.74 Å². The molecule has 1 nitrogen and oxygen atoms in total. The van der Waals surface area contributed by atoms with Crippen molar-refractivity contribution in [1.29, 1.82) is 0 Å². The van der Waals surface area contributed by atoms with Crippen LogP contribution in [0.3, 0.4) is 0 Å². The molecule has 0 aliphatic carbocycles. The monoisotopic (exact) mass is 727 g/mol. The standard InChI is InChI=1S/C51H98O/c1-3-5-7-9-11-13-15-17-19-21-23-25-27-29-31-33-35-37-39-41-43-45-47-49-51-50(52-51)48-46-44-42-40-38-36-34-32-30-28-26-24-22-20-18-16-14-12-10-8-6-4-2/h15,17-18,20,50-51H,3-14,16,19,21-49H2,1-2H3/t50-,51-/m1/s1. The van der Waals surface area contributed by atoms with E-state index < -0.39 is 0 Å². The summed E-state index contributed by atoms with van der Waals surface area (Å²) in [6, 6.07) is 0. The normalized spacial score (nSPS) is 15.9. The Morgan fingerprint density at radius 3 is 0.673 bits per heavy atom. The van der Waals surface area contributed by atoms with Crippen LogP contribution in [-0.2, 0) is 4.74 Å². The van der Waals surface area contributed by atoms with Crippen molar-refractivity contribution in [2.75, 3.05) is 0 Å². The van der Waals surface area contributed by atoms with Gasteiger partial charge in [-0.25, -0.2) is 0 Å². The smallest absolute Gasteiger partial charge is 0.0841 e. The van der Waals surface area contributed by atoms with Gasteiger partial charge in [-0.1, -0.05) is 250 Å². The Hall–Kier alpha value is -0.560. The minimum absolute atomic E-state index is 0.623. The Bertz CT molecular complexity index is 708. The summed E-state index contributed by atoms with van der Waals surface area (Å²) in [4.78, 5) is 0. The van der Waals surface area contributed by atoms with E-state index in [1.54, 1.807) is 0 Å². The van der Waals surface area contributed by atoms with Gasteiger partial charge in [0.1, 0.15) is 0 Å². The van der Waals surface area contributed by atoms with Gasteiger partial charge < -0.3 is 4.74 Å². The predicted molar refractivity (Wildman–Crippen MR) is 237 cm³/mol. The maximum absolute atomic E-state index is 6.01. The van der Waals surface area contributed by atoms with Crippen LogP contribution in [0.2, 0.25) is 0 Å². The van der Waals surface area contributed by atoms with Crippen LogP contribution < -0.4 is 0 Å². The molecule has 1 heteroatoms. The van der Waals surface area contributed by atoms with E-state index in [0.29, 0.717) is 12.2 Å². The van der Waals surface area contributed by atoms with Crippen LogP contribution in [0.4, 0.5) is 0 Å². The highest BCUT2D eigenvalue weighted by Crippen LogP contribution is 2.32. The summed E-state index contributed by atoms with van der Waals surface area (Å²) >= 11 is 0. The first-order valence-electron chi connectivity index (χ1n) is 24.8. The molecular weight excluding hydrogens is 629 g/mol. The lowest BCUT2D eigenvalue weighted by Crippen LogP contribution is -1.95. The van der Waals surface area contributed by atoms with E-state index in [4.69, 9.17) is 4.74 Å². The van der Waals surface area contributed by atoms with Crippen LogP contribution in [0.5, 0.6) is 0 Å². The lowest BCUT2D eigenvalue weighted by molar-refractivity contribution is 0.347. The molecule has 1 rings (SSSR count).